The summed E-state index contributed by atoms with van der Waals surface area (Å²) >= 11 is 0. The predicted molar refractivity (Wildman–Crippen MR) is 89.8 cm³/mol. The predicted octanol–water partition coefficient (Wildman–Crippen LogP) is 3.09. The lowest BCUT2D eigenvalue weighted by atomic mass is 10.1. The van der Waals surface area contributed by atoms with Gasteiger partial charge in [-0.05, 0) is 47.6 Å². The maximum Gasteiger partial charge on any atom is 0.339 e. The molecule has 0 spiro atoms. The maximum absolute atomic E-state index is 12.5. The van der Waals surface area contributed by atoms with E-state index in [1.807, 2.05) is 27.7 Å². The summed E-state index contributed by atoms with van der Waals surface area (Å²) in [6.45, 7) is 10.6. The molecule has 1 aromatic rings. The molecule has 132 valence electrons. The molecule has 24 heavy (non-hydrogen) atoms. The van der Waals surface area contributed by atoms with Crippen molar-refractivity contribution in [3.63, 3.8) is 0 Å². The number of carbonyl (C=O) groups excluding carboxylic acids is 2. The molecule has 0 N–H and O–H groups in total. The lowest BCUT2D eigenvalue weighted by Gasteiger charge is -2.32. The Morgan fingerprint density at radius 2 is 1.67 bits per heavy atom. The van der Waals surface area contributed by atoms with E-state index in [2.05, 4.69) is 0 Å². The van der Waals surface area contributed by atoms with Crippen LogP contribution in [0.25, 0.3) is 0 Å². The van der Waals surface area contributed by atoms with Crippen LogP contribution >= 0.6 is 0 Å². The van der Waals surface area contributed by atoms with Crippen molar-refractivity contribution in [3.8, 4) is 0 Å². The van der Waals surface area contributed by atoms with Crippen molar-refractivity contribution in [2.24, 2.45) is 0 Å². The fourth-order valence-corrected chi connectivity index (χ4v) is 2.53. The van der Waals surface area contributed by atoms with E-state index in [0.717, 1.165) is 6.07 Å². The van der Waals surface area contributed by atoms with Crippen molar-refractivity contribution in [1.29, 1.82) is 0 Å². The summed E-state index contributed by atoms with van der Waals surface area (Å²) in [6, 6.07) is 4.04. The van der Waals surface area contributed by atoms with Crippen molar-refractivity contribution >= 4 is 17.6 Å². The van der Waals surface area contributed by atoms with Gasteiger partial charge in [0.15, 0.2) is 6.10 Å². The zero-order chi connectivity index (χ0) is 18.6. The molecular weight excluding hydrogens is 312 g/mol. The third kappa shape index (κ3) is 4.53. The van der Waals surface area contributed by atoms with Crippen LogP contribution in [0.3, 0.4) is 0 Å². The SMILES string of the molecule is Cc1ccc(C(=O)O[C@@H](C)C(=O)N(C(C)C)C(C)C)cc1[N+](=O)[O-]. The Morgan fingerprint density at radius 3 is 2.12 bits per heavy atom. The van der Waals surface area contributed by atoms with Gasteiger partial charge < -0.3 is 9.64 Å². The molecule has 0 fully saturated rings. The third-order valence-corrected chi connectivity index (χ3v) is 3.64. The Balaban J connectivity index is 2.93. The Bertz CT molecular complexity index is 632. The Kier molecular flexibility index (Phi) is 6.45. The van der Waals surface area contributed by atoms with Crippen molar-refractivity contribution in [3.05, 3.63) is 39.4 Å². The minimum atomic E-state index is -0.970. The number of esters is 1. The van der Waals surface area contributed by atoms with Gasteiger partial charge in [-0.25, -0.2) is 4.79 Å². The molecule has 0 aliphatic rings. The smallest absolute Gasteiger partial charge is 0.339 e. The highest BCUT2D eigenvalue weighted by Gasteiger charge is 2.28. The molecule has 0 aromatic heterocycles. The van der Waals surface area contributed by atoms with Crippen LogP contribution in [0, 0.1) is 17.0 Å². The molecule has 0 unspecified atom stereocenters. The first-order valence-electron chi connectivity index (χ1n) is 7.84. The van der Waals surface area contributed by atoms with Gasteiger partial charge in [0.25, 0.3) is 11.6 Å². The van der Waals surface area contributed by atoms with Crippen LogP contribution in [0.2, 0.25) is 0 Å². The van der Waals surface area contributed by atoms with Crippen molar-refractivity contribution < 1.29 is 19.2 Å². The Morgan fingerprint density at radius 1 is 1.12 bits per heavy atom. The summed E-state index contributed by atoms with van der Waals surface area (Å²) in [5.74, 6) is -1.05. The minimum absolute atomic E-state index is 0.0286. The number of hydrogen-bond acceptors (Lipinski definition) is 5. The highest BCUT2D eigenvalue weighted by Crippen LogP contribution is 2.20. The lowest BCUT2D eigenvalue weighted by molar-refractivity contribution is -0.385. The largest absolute Gasteiger partial charge is 0.449 e. The molecule has 1 atom stereocenters. The van der Waals surface area contributed by atoms with Crippen LogP contribution in [0.15, 0.2) is 18.2 Å². The Labute approximate surface area is 141 Å². The minimum Gasteiger partial charge on any atom is -0.449 e. The number of nitro benzene ring substituents is 1. The van der Waals surface area contributed by atoms with Gasteiger partial charge in [-0.15, -0.1) is 0 Å². The second kappa shape index (κ2) is 7.90. The van der Waals surface area contributed by atoms with Gasteiger partial charge in [0, 0.05) is 23.7 Å². The first-order chi connectivity index (χ1) is 11.1. The van der Waals surface area contributed by atoms with Crippen LogP contribution in [0.4, 0.5) is 5.69 Å². The molecular formula is C17H24N2O5. The zero-order valence-corrected chi connectivity index (χ0v) is 14.9. The normalized spacial score (nSPS) is 12.2. The molecule has 1 aromatic carbocycles. The summed E-state index contributed by atoms with van der Waals surface area (Å²) in [5, 5.41) is 11.0. The number of benzene rings is 1. The molecule has 0 radical (unpaired) electrons. The fourth-order valence-electron chi connectivity index (χ4n) is 2.53. The standard InChI is InChI=1S/C17H24N2O5/c1-10(2)18(11(3)4)16(20)13(6)24-17(21)14-8-7-12(5)15(9-14)19(22)23/h7-11,13H,1-6H3/t13-/m0/s1. The average molecular weight is 336 g/mol. The number of aryl methyl sites for hydroxylation is 1. The number of nitro groups is 1. The lowest BCUT2D eigenvalue weighted by Crippen LogP contribution is -2.47. The summed E-state index contributed by atoms with van der Waals surface area (Å²) in [7, 11) is 0. The van der Waals surface area contributed by atoms with E-state index in [0.29, 0.717) is 5.56 Å². The monoisotopic (exact) mass is 336 g/mol. The highest BCUT2D eigenvalue weighted by atomic mass is 16.6. The van der Waals surface area contributed by atoms with Gasteiger partial charge in [-0.2, -0.15) is 0 Å². The number of ether oxygens (including phenoxy) is 1. The van der Waals surface area contributed by atoms with E-state index in [-0.39, 0.29) is 29.2 Å². The second-order valence-corrected chi connectivity index (χ2v) is 6.24. The Hall–Kier alpha value is -2.44. The van der Waals surface area contributed by atoms with Crippen molar-refractivity contribution in [1.82, 2.24) is 4.90 Å². The van der Waals surface area contributed by atoms with E-state index in [1.165, 1.54) is 19.1 Å². The van der Waals surface area contributed by atoms with Crippen molar-refractivity contribution in [2.75, 3.05) is 0 Å². The number of nitrogens with zero attached hydrogens (tertiary/aromatic N) is 2. The molecule has 7 heteroatoms. The summed E-state index contributed by atoms with van der Waals surface area (Å²) in [5.41, 5.74) is 0.341. The van der Waals surface area contributed by atoms with Gasteiger partial charge in [0.2, 0.25) is 0 Å². The van der Waals surface area contributed by atoms with Crippen LogP contribution in [-0.4, -0.2) is 39.9 Å². The van der Waals surface area contributed by atoms with Crippen LogP contribution in [-0.2, 0) is 9.53 Å². The van der Waals surface area contributed by atoms with Crippen LogP contribution in [0.5, 0.6) is 0 Å². The number of amides is 1. The van der Waals surface area contributed by atoms with E-state index in [9.17, 15) is 19.7 Å². The summed E-state index contributed by atoms with van der Waals surface area (Å²) < 4.78 is 5.20. The number of carbonyl (C=O) groups is 2. The van der Waals surface area contributed by atoms with Gasteiger partial charge in [-0.3, -0.25) is 14.9 Å². The molecule has 1 rings (SSSR count). The molecule has 0 bridgehead atoms. The van der Waals surface area contributed by atoms with Gasteiger partial charge in [0.05, 0.1) is 10.5 Å². The molecule has 0 saturated heterocycles. The van der Waals surface area contributed by atoms with E-state index in [4.69, 9.17) is 4.74 Å². The van der Waals surface area contributed by atoms with Gasteiger partial charge in [-0.1, -0.05) is 6.07 Å². The highest BCUT2D eigenvalue weighted by molar-refractivity contribution is 5.93. The first-order valence-corrected chi connectivity index (χ1v) is 7.84. The summed E-state index contributed by atoms with van der Waals surface area (Å²) in [4.78, 5) is 36.7. The fraction of sp³-hybridized carbons (Fsp3) is 0.529. The number of rotatable bonds is 6. The van der Waals surface area contributed by atoms with Crippen molar-refractivity contribution in [2.45, 2.75) is 59.7 Å². The number of hydrogen-bond donors (Lipinski definition) is 0. The van der Waals surface area contributed by atoms with Crippen LogP contribution in [0.1, 0.15) is 50.5 Å². The summed E-state index contributed by atoms with van der Waals surface area (Å²) in [6.07, 6.45) is -0.970. The molecule has 0 aliphatic carbocycles. The van der Waals surface area contributed by atoms with E-state index >= 15 is 0 Å². The van der Waals surface area contributed by atoms with E-state index < -0.39 is 17.0 Å². The first kappa shape index (κ1) is 19.6. The van der Waals surface area contributed by atoms with E-state index in [1.54, 1.807) is 11.8 Å². The van der Waals surface area contributed by atoms with Gasteiger partial charge in [0.1, 0.15) is 0 Å². The van der Waals surface area contributed by atoms with Gasteiger partial charge >= 0.3 is 5.97 Å². The second-order valence-electron chi connectivity index (χ2n) is 6.24. The van der Waals surface area contributed by atoms with Crippen LogP contribution < -0.4 is 0 Å². The zero-order valence-electron chi connectivity index (χ0n) is 14.9. The third-order valence-electron chi connectivity index (χ3n) is 3.64. The quantitative estimate of drug-likeness (QED) is 0.452. The molecule has 0 saturated carbocycles. The average Bonchev–Trinajstić information content (AvgIpc) is 2.46. The maximum atomic E-state index is 12.5. The molecule has 7 nitrogen and oxygen atoms in total. The molecule has 0 heterocycles. The topological polar surface area (TPSA) is 89.8 Å². The molecule has 0 aliphatic heterocycles. The molecule has 1 amide bonds.